The number of hydrogen-bond acceptors (Lipinski definition) is 3. The summed E-state index contributed by atoms with van der Waals surface area (Å²) in [5.74, 6) is -0.593. The van der Waals surface area contributed by atoms with Crippen molar-refractivity contribution in [2.24, 2.45) is 0 Å². The van der Waals surface area contributed by atoms with Gasteiger partial charge in [0.2, 0.25) is 0 Å². The minimum atomic E-state index is -4.38. The molecule has 1 unspecified atom stereocenters. The first-order valence-electron chi connectivity index (χ1n) is 6.16. The van der Waals surface area contributed by atoms with E-state index in [-0.39, 0.29) is 25.1 Å². The Labute approximate surface area is 114 Å². The molecule has 0 saturated heterocycles. The molecule has 1 atom stereocenters. The minimum absolute atomic E-state index is 0.0446. The maximum absolute atomic E-state index is 13.4. The minimum Gasteiger partial charge on any atom is -0.395 e. The van der Waals surface area contributed by atoms with Crippen LogP contribution < -0.4 is 0 Å². The van der Waals surface area contributed by atoms with Gasteiger partial charge in [0.25, 0.3) is 0 Å². The van der Waals surface area contributed by atoms with Crippen LogP contribution in [0.4, 0.5) is 17.6 Å². The van der Waals surface area contributed by atoms with E-state index in [1.165, 1.54) is 18.2 Å². The Morgan fingerprint density at radius 1 is 1.15 bits per heavy atom. The van der Waals surface area contributed by atoms with E-state index < -0.39 is 31.2 Å². The number of rotatable bonds is 7. The van der Waals surface area contributed by atoms with Crippen LogP contribution in [-0.4, -0.2) is 47.5 Å². The van der Waals surface area contributed by atoms with E-state index in [0.29, 0.717) is 0 Å². The van der Waals surface area contributed by atoms with E-state index >= 15 is 0 Å². The van der Waals surface area contributed by atoms with E-state index in [2.05, 4.69) is 0 Å². The molecule has 0 aromatic heterocycles. The number of benzene rings is 1. The van der Waals surface area contributed by atoms with Gasteiger partial charge in [0.1, 0.15) is 5.82 Å². The Kier molecular flexibility index (Phi) is 6.38. The molecule has 3 nitrogen and oxygen atoms in total. The van der Waals surface area contributed by atoms with Crippen molar-refractivity contribution in [2.75, 3.05) is 26.2 Å². The number of alkyl halides is 3. The third kappa shape index (κ3) is 5.85. The molecule has 7 heteroatoms. The number of aliphatic hydroxyl groups is 2. The predicted molar refractivity (Wildman–Crippen MR) is 65.6 cm³/mol. The van der Waals surface area contributed by atoms with Crippen molar-refractivity contribution in [1.29, 1.82) is 0 Å². The van der Waals surface area contributed by atoms with Crippen LogP contribution in [0.1, 0.15) is 18.1 Å². The highest BCUT2D eigenvalue weighted by atomic mass is 19.4. The summed E-state index contributed by atoms with van der Waals surface area (Å²) < 4.78 is 50.3. The van der Waals surface area contributed by atoms with Crippen LogP contribution in [0, 0.1) is 5.82 Å². The molecule has 0 radical (unpaired) electrons. The molecular weight excluding hydrogens is 278 g/mol. The smallest absolute Gasteiger partial charge is 0.395 e. The first-order chi connectivity index (χ1) is 9.33. The van der Waals surface area contributed by atoms with Crippen LogP contribution in [0.5, 0.6) is 0 Å². The molecule has 2 N–H and O–H groups in total. The maximum atomic E-state index is 13.4. The first-order valence-corrected chi connectivity index (χ1v) is 6.16. The van der Waals surface area contributed by atoms with Gasteiger partial charge in [0.05, 0.1) is 19.3 Å². The molecule has 1 rings (SSSR count). The summed E-state index contributed by atoms with van der Waals surface area (Å²) in [7, 11) is 0. The second kappa shape index (κ2) is 7.56. The summed E-state index contributed by atoms with van der Waals surface area (Å²) in [6.45, 7) is -1.82. The highest BCUT2D eigenvalue weighted by Crippen LogP contribution is 2.21. The Bertz CT molecular complexity index is 412. The molecule has 0 aliphatic carbocycles. The zero-order valence-corrected chi connectivity index (χ0v) is 10.8. The van der Waals surface area contributed by atoms with Crippen molar-refractivity contribution in [3.8, 4) is 0 Å². The summed E-state index contributed by atoms with van der Waals surface area (Å²) >= 11 is 0. The van der Waals surface area contributed by atoms with Crippen LogP contribution >= 0.6 is 0 Å². The molecule has 0 fully saturated rings. The fourth-order valence-corrected chi connectivity index (χ4v) is 1.87. The van der Waals surface area contributed by atoms with Crippen LogP contribution in [-0.2, 0) is 0 Å². The van der Waals surface area contributed by atoms with Gasteiger partial charge in [-0.15, -0.1) is 0 Å². The Hall–Kier alpha value is -1.18. The monoisotopic (exact) mass is 295 g/mol. The molecule has 0 bridgehead atoms. The molecule has 0 aliphatic rings. The lowest BCUT2D eigenvalue weighted by molar-refractivity contribution is -0.147. The molecule has 20 heavy (non-hydrogen) atoms. The lowest BCUT2D eigenvalue weighted by Gasteiger charge is -2.24. The third-order valence-electron chi connectivity index (χ3n) is 2.80. The Morgan fingerprint density at radius 3 is 2.35 bits per heavy atom. The van der Waals surface area contributed by atoms with Crippen molar-refractivity contribution in [3.63, 3.8) is 0 Å². The van der Waals surface area contributed by atoms with E-state index in [9.17, 15) is 22.7 Å². The van der Waals surface area contributed by atoms with Gasteiger partial charge in [0, 0.05) is 18.7 Å². The summed E-state index contributed by atoms with van der Waals surface area (Å²) in [6.07, 6.45) is -5.60. The van der Waals surface area contributed by atoms with Gasteiger partial charge in [-0.1, -0.05) is 18.2 Å². The van der Waals surface area contributed by atoms with Crippen molar-refractivity contribution in [2.45, 2.75) is 18.7 Å². The first kappa shape index (κ1) is 16.9. The molecule has 0 heterocycles. The highest BCUT2D eigenvalue weighted by Gasteiger charge is 2.30. The summed E-state index contributed by atoms with van der Waals surface area (Å²) in [5, 5.41) is 18.5. The second-order valence-electron chi connectivity index (χ2n) is 4.44. The van der Waals surface area contributed by atoms with Crippen LogP contribution in [0.15, 0.2) is 24.3 Å². The Morgan fingerprint density at radius 2 is 1.80 bits per heavy atom. The SMILES string of the molecule is OCCN(CCC(O)c1ccccc1F)CC(F)(F)F. The molecule has 1 aromatic rings. The van der Waals surface area contributed by atoms with Crippen molar-refractivity contribution >= 4 is 0 Å². The standard InChI is InChI=1S/C13H17F4NO2/c14-11-4-2-1-3-10(11)12(20)5-6-18(7-8-19)9-13(15,16)17/h1-4,12,19-20H,5-9H2. The van der Waals surface area contributed by atoms with Gasteiger partial charge >= 0.3 is 6.18 Å². The van der Waals surface area contributed by atoms with Gasteiger partial charge in [-0.05, 0) is 12.5 Å². The lowest BCUT2D eigenvalue weighted by Crippen LogP contribution is -2.37. The fraction of sp³-hybridized carbons (Fsp3) is 0.538. The predicted octanol–water partition coefficient (Wildman–Crippen LogP) is 2.11. The summed E-state index contributed by atoms with van der Waals surface area (Å²) in [6, 6.07) is 5.58. The van der Waals surface area contributed by atoms with Crippen LogP contribution in [0.25, 0.3) is 0 Å². The molecule has 1 aromatic carbocycles. The van der Waals surface area contributed by atoms with Gasteiger partial charge in [0.15, 0.2) is 0 Å². The topological polar surface area (TPSA) is 43.7 Å². The van der Waals surface area contributed by atoms with Gasteiger partial charge < -0.3 is 10.2 Å². The summed E-state index contributed by atoms with van der Waals surface area (Å²) in [4.78, 5) is 0.976. The quantitative estimate of drug-likeness (QED) is 0.757. The number of nitrogens with zero attached hydrogens (tertiary/aromatic N) is 1. The average Bonchev–Trinajstić information content (AvgIpc) is 2.34. The largest absolute Gasteiger partial charge is 0.401 e. The van der Waals surface area contributed by atoms with Crippen molar-refractivity contribution < 1.29 is 27.8 Å². The Balaban J connectivity index is 2.56. The van der Waals surface area contributed by atoms with E-state index in [4.69, 9.17) is 5.11 Å². The molecule has 114 valence electrons. The zero-order valence-electron chi connectivity index (χ0n) is 10.8. The second-order valence-corrected chi connectivity index (χ2v) is 4.44. The van der Waals surface area contributed by atoms with E-state index in [0.717, 1.165) is 4.90 Å². The average molecular weight is 295 g/mol. The van der Waals surface area contributed by atoms with Crippen LogP contribution in [0.2, 0.25) is 0 Å². The normalized spacial score (nSPS) is 13.8. The molecular formula is C13H17F4NO2. The summed E-state index contributed by atoms with van der Waals surface area (Å²) in [5.41, 5.74) is 0.0588. The third-order valence-corrected chi connectivity index (χ3v) is 2.80. The van der Waals surface area contributed by atoms with Gasteiger partial charge in [-0.25, -0.2) is 4.39 Å². The number of halogens is 4. The fourth-order valence-electron chi connectivity index (χ4n) is 1.87. The zero-order chi connectivity index (χ0) is 15.2. The molecule has 0 spiro atoms. The lowest BCUT2D eigenvalue weighted by atomic mass is 10.1. The van der Waals surface area contributed by atoms with Gasteiger partial charge in [-0.3, -0.25) is 4.90 Å². The van der Waals surface area contributed by atoms with Crippen molar-refractivity contribution in [1.82, 2.24) is 4.90 Å². The number of aliphatic hydroxyl groups excluding tert-OH is 2. The molecule has 0 saturated carbocycles. The highest BCUT2D eigenvalue weighted by molar-refractivity contribution is 5.19. The number of hydrogen-bond donors (Lipinski definition) is 2. The van der Waals surface area contributed by atoms with Gasteiger partial charge in [-0.2, -0.15) is 13.2 Å². The van der Waals surface area contributed by atoms with Crippen LogP contribution in [0.3, 0.4) is 0 Å². The van der Waals surface area contributed by atoms with Crippen molar-refractivity contribution in [3.05, 3.63) is 35.6 Å². The van der Waals surface area contributed by atoms with E-state index in [1.54, 1.807) is 6.07 Å². The van der Waals surface area contributed by atoms with E-state index in [1.807, 2.05) is 0 Å². The molecule has 0 aliphatic heterocycles. The maximum Gasteiger partial charge on any atom is 0.401 e. The molecule has 0 amide bonds.